The third-order valence-electron chi connectivity index (χ3n) is 5.68. The molecule has 9 heteroatoms. The number of rotatable bonds is 6. The number of halogens is 1. The van der Waals surface area contributed by atoms with Crippen molar-refractivity contribution in [3.63, 3.8) is 0 Å². The topological polar surface area (TPSA) is 75.5 Å². The molecule has 168 valence electrons. The number of aryl methyl sites for hydroxylation is 1. The molecule has 0 aliphatic rings. The molecule has 3 aromatic heterocycles. The van der Waals surface area contributed by atoms with Crippen LogP contribution < -0.4 is 11.2 Å². The molecule has 0 spiro atoms. The lowest BCUT2D eigenvalue weighted by molar-refractivity contribution is 0.137. The Morgan fingerprint density at radius 2 is 1.76 bits per heavy atom. The largest absolute Gasteiger partial charge is 0.380 e. The Labute approximate surface area is 193 Å². The maximum absolute atomic E-state index is 13.4. The van der Waals surface area contributed by atoms with Crippen LogP contribution in [0, 0.1) is 0 Å². The fourth-order valence-corrected chi connectivity index (χ4v) is 4.30. The molecular weight excluding hydrogens is 442 g/mol. The first-order chi connectivity index (χ1) is 16.0. The van der Waals surface area contributed by atoms with Gasteiger partial charge in [0.1, 0.15) is 0 Å². The van der Waals surface area contributed by atoms with E-state index in [0.717, 1.165) is 16.9 Å². The Morgan fingerprint density at radius 3 is 2.48 bits per heavy atom. The van der Waals surface area contributed by atoms with Gasteiger partial charge < -0.3 is 4.74 Å². The van der Waals surface area contributed by atoms with E-state index in [1.165, 1.54) is 9.13 Å². The van der Waals surface area contributed by atoms with Crippen molar-refractivity contribution in [2.75, 3.05) is 13.2 Å². The molecule has 3 heterocycles. The van der Waals surface area contributed by atoms with Gasteiger partial charge in [-0.15, -0.1) is 0 Å². The average Bonchev–Trinajstić information content (AvgIpc) is 3.37. The molecule has 0 bridgehead atoms. The van der Waals surface area contributed by atoms with Gasteiger partial charge >= 0.3 is 5.69 Å². The third-order valence-corrected chi connectivity index (χ3v) is 6.00. The number of hydrogen-bond donors (Lipinski definition) is 0. The molecule has 0 aliphatic carbocycles. The first kappa shape index (κ1) is 21.2. The summed E-state index contributed by atoms with van der Waals surface area (Å²) in [5.41, 5.74) is 2.29. The highest BCUT2D eigenvalue weighted by atomic mass is 35.5. The molecule has 0 fully saturated rings. The minimum Gasteiger partial charge on any atom is -0.380 e. The maximum Gasteiger partial charge on any atom is 0.332 e. The maximum atomic E-state index is 13.4. The summed E-state index contributed by atoms with van der Waals surface area (Å²) in [6.07, 6.45) is 1.86. The van der Waals surface area contributed by atoms with Gasteiger partial charge in [0.05, 0.1) is 29.6 Å². The Balaban J connectivity index is 1.88. The zero-order valence-corrected chi connectivity index (χ0v) is 19.0. The van der Waals surface area contributed by atoms with Crippen molar-refractivity contribution in [3.8, 4) is 16.9 Å². The van der Waals surface area contributed by atoms with Crippen LogP contribution in [-0.4, -0.2) is 36.3 Å². The van der Waals surface area contributed by atoms with E-state index < -0.39 is 11.2 Å². The zero-order valence-electron chi connectivity index (χ0n) is 18.2. The molecule has 0 atom stereocenters. The second-order valence-corrected chi connectivity index (χ2v) is 8.02. The predicted molar refractivity (Wildman–Crippen MR) is 128 cm³/mol. The van der Waals surface area contributed by atoms with Crippen LogP contribution in [0.1, 0.15) is 6.92 Å². The summed E-state index contributed by atoms with van der Waals surface area (Å²) in [6.45, 7) is 2.82. The fourth-order valence-electron chi connectivity index (χ4n) is 4.08. The van der Waals surface area contributed by atoms with Gasteiger partial charge in [-0.1, -0.05) is 54.1 Å². The smallest absolute Gasteiger partial charge is 0.332 e. The van der Waals surface area contributed by atoms with E-state index in [1.807, 2.05) is 66.2 Å². The first-order valence-corrected chi connectivity index (χ1v) is 11.0. The van der Waals surface area contributed by atoms with Crippen molar-refractivity contribution >= 4 is 28.5 Å². The number of nitrogens with zero attached hydrogens (tertiary/aromatic N) is 5. The molecule has 0 saturated heterocycles. The lowest BCUT2D eigenvalue weighted by atomic mass is 10.1. The molecule has 0 saturated carbocycles. The van der Waals surface area contributed by atoms with Gasteiger partial charge in [-0.2, -0.15) is 4.98 Å². The zero-order chi connectivity index (χ0) is 23.1. The van der Waals surface area contributed by atoms with Crippen LogP contribution in [0.25, 0.3) is 33.9 Å². The van der Waals surface area contributed by atoms with Gasteiger partial charge in [0, 0.05) is 25.4 Å². The minimum atomic E-state index is -0.430. The summed E-state index contributed by atoms with van der Waals surface area (Å²) < 4.78 is 11.6. The molecule has 0 unspecified atom stereocenters. The average molecular weight is 464 g/mol. The Hall–Kier alpha value is -3.62. The highest BCUT2D eigenvalue weighted by Gasteiger charge is 2.23. The molecule has 0 amide bonds. The standard InChI is InChI=1S/C24H22ClN5O3/c1-3-33-14-13-28-22(31)20-21(27(2)24(28)32)26-23-29(20)15-19(16-9-5-4-6-10-16)30(23)18-12-8-7-11-17(18)25/h4-12,15H,3,13-14H2,1-2H3. The van der Waals surface area contributed by atoms with Gasteiger partial charge in [0.2, 0.25) is 5.78 Å². The SMILES string of the molecule is CCOCCn1c(=O)c2c(nc3n(-c4ccccc4Cl)c(-c4ccccc4)cn23)n(C)c1=O. The lowest BCUT2D eigenvalue weighted by Gasteiger charge is -2.10. The number of ether oxygens (including phenoxy) is 1. The molecule has 5 aromatic rings. The number of benzene rings is 2. The Morgan fingerprint density at radius 1 is 1.03 bits per heavy atom. The van der Waals surface area contributed by atoms with E-state index in [0.29, 0.717) is 28.6 Å². The van der Waals surface area contributed by atoms with Crippen LogP contribution >= 0.6 is 11.6 Å². The molecule has 5 rings (SSSR count). The van der Waals surface area contributed by atoms with Crippen molar-refractivity contribution in [2.24, 2.45) is 7.05 Å². The first-order valence-electron chi connectivity index (χ1n) is 10.6. The molecule has 0 radical (unpaired) electrons. The van der Waals surface area contributed by atoms with Crippen LogP contribution in [0.3, 0.4) is 0 Å². The van der Waals surface area contributed by atoms with Crippen LogP contribution in [-0.2, 0) is 18.3 Å². The van der Waals surface area contributed by atoms with Crippen molar-refractivity contribution in [1.82, 2.24) is 23.1 Å². The van der Waals surface area contributed by atoms with Crippen molar-refractivity contribution in [3.05, 3.63) is 86.7 Å². The van der Waals surface area contributed by atoms with E-state index in [9.17, 15) is 9.59 Å². The van der Waals surface area contributed by atoms with E-state index in [4.69, 9.17) is 21.3 Å². The number of aromatic nitrogens is 5. The fraction of sp³-hybridized carbons (Fsp3) is 0.208. The van der Waals surface area contributed by atoms with E-state index >= 15 is 0 Å². The number of para-hydroxylation sites is 1. The number of imidazole rings is 2. The van der Waals surface area contributed by atoms with Crippen molar-refractivity contribution in [1.29, 1.82) is 0 Å². The molecule has 0 aliphatic heterocycles. The van der Waals surface area contributed by atoms with E-state index in [-0.39, 0.29) is 13.2 Å². The lowest BCUT2D eigenvalue weighted by Crippen LogP contribution is -2.40. The summed E-state index contributed by atoms with van der Waals surface area (Å²) in [7, 11) is 1.62. The Bertz CT molecular complexity index is 1590. The van der Waals surface area contributed by atoms with Crippen LogP contribution in [0.2, 0.25) is 5.02 Å². The minimum absolute atomic E-state index is 0.166. The normalized spacial score (nSPS) is 11.6. The third kappa shape index (κ3) is 3.39. The Kier molecular flexibility index (Phi) is 5.39. The van der Waals surface area contributed by atoms with Gasteiger partial charge in [0.25, 0.3) is 5.56 Å². The number of hydrogen-bond acceptors (Lipinski definition) is 4. The highest BCUT2D eigenvalue weighted by Crippen LogP contribution is 2.31. The molecule has 8 nitrogen and oxygen atoms in total. The van der Waals surface area contributed by atoms with Gasteiger partial charge in [-0.3, -0.25) is 22.9 Å². The van der Waals surface area contributed by atoms with Gasteiger partial charge in [-0.25, -0.2) is 4.79 Å². The van der Waals surface area contributed by atoms with E-state index in [2.05, 4.69) is 0 Å². The summed E-state index contributed by atoms with van der Waals surface area (Å²) in [5, 5.41) is 0.544. The van der Waals surface area contributed by atoms with Crippen LogP contribution in [0.15, 0.2) is 70.4 Å². The van der Waals surface area contributed by atoms with Crippen LogP contribution in [0.4, 0.5) is 0 Å². The van der Waals surface area contributed by atoms with Crippen molar-refractivity contribution < 1.29 is 4.74 Å². The molecule has 33 heavy (non-hydrogen) atoms. The summed E-state index contributed by atoms with van der Waals surface area (Å²) in [5.74, 6) is 0.492. The predicted octanol–water partition coefficient (Wildman–Crippen LogP) is 3.50. The second-order valence-electron chi connectivity index (χ2n) is 7.62. The number of fused-ring (bicyclic) bond motifs is 3. The van der Waals surface area contributed by atoms with Gasteiger partial charge in [-0.05, 0) is 19.1 Å². The van der Waals surface area contributed by atoms with Gasteiger partial charge in [0.15, 0.2) is 11.2 Å². The van der Waals surface area contributed by atoms with Crippen LogP contribution in [0.5, 0.6) is 0 Å². The monoisotopic (exact) mass is 463 g/mol. The summed E-state index contributed by atoms with van der Waals surface area (Å²) in [4.78, 5) is 31.0. The molecule has 2 aromatic carbocycles. The highest BCUT2D eigenvalue weighted by molar-refractivity contribution is 6.32. The summed E-state index contributed by atoms with van der Waals surface area (Å²) in [6, 6.07) is 17.3. The summed E-state index contributed by atoms with van der Waals surface area (Å²) >= 11 is 6.57. The molecule has 0 N–H and O–H groups in total. The second kappa shape index (κ2) is 8.38. The van der Waals surface area contributed by atoms with E-state index in [1.54, 1.807) is 17.5 Å². The van der Waals surface area contributed by atoms with Crippen molar-refractivity contribution in [2.45, 2.75) is 13.5 Å². The quantitative estimate of drug-likeness (QED) is 0.361. The molecular formula is C24H22ClN5O3.